The first kappa shape index (κ1) is 18.2. The van der Waals surface area contributed by atoms with Gasteiger partial charge in [-0.3, -0.25) is 19.8 Å². The van der Waals surface area contributed by atoms with Crippen molar-refractivity contribution in [3.05, 3.63) is 79.2 Å². The first-order valence-corrected chi connectivity index (χ1v) is 8.91. The Morgan fingerprint density at radius 3 is 2.82 bits per heavy atom. The molecule has 2 aromatic heterocycles. The number of benzene rings is 1. The average molecular weight is 399 g/mol. The Morgan fingerprint density at radius 1 is 1.29 bits per heavy atom. The summed E-state index contributed by atoms with van der Waals surface area (Å²) in [5.41, 5.74) is 2.25. The second kappa shape index (κ2) is 7.45. The number of rotatable bonds is 4. The second-order valence-corrected chi connectivity index (χ2v) is 6.89. The second-order valence-electron chi connectivity index (χ2n) is 6.46. The molecule has 3 aromatic rings. The van der Waals surface area contributed by atoms with Crippen LogP contribution in [-0.4, -0.2) is 36.3 Å². The molecule has 0 saturated carbocycles. The topological polar surface area (TPSA) is 118 Å². The molecule has 1 aromatic carbocycles. The van der Waals surface area contributed by atoms with Crippen molar-refractivity contribution >= 4 is 17.3 Å². The third kappa shape index (κ3) is 3.62. The van der Waals surface area contributed by atoms with Crippen molar-refractivity contribution in [3.63, 3.8) is 0 Å². The summed E-state index contributed by atoms with van der Waals surface area (Å²) in [5, 5.41) is 11.6. The van der Waals surface area contributed by atoms with E-state index in [1.165, 1.54) is 12.4 Å². The fraction of sp³-hybridized carbons (Fsp3) is 0.222. The fourth-order valence-electron chi connectivity index (χ4n) is 3.26. The summed E-state index contributed by atoms with van der Waals surface area (Å²) >= 11 is 5.88. The number of fused-ring (bicyclic) bond motifs is 1. The number of aromatic amines is 1. The van der Waals surface area contributed by atoms with E-state index in [-0.39, 0.29) is 11.2 Å². The van der Waals surface area contributed by atoms with Gasteiger partial charge in [0.15, 0.2) is 0 Å². The zero-order valence-corrected chi connectivity index (χ0v) is 15.4. The van der Waals surface area contributed by atoms with Gasteiger partial charge in [0.2, 0.25) is 0 Å². The van der Waals surface area contributed by atoms with E-state index in [4.69, 9.17) is 11.6 Å². The van der Waals surface area contributed by atoms with Crippen LogP contribution in [0.3, 0.4) is 0 Å². The lowest BCUT2D eigenvalue weighted by molar-refractivity contribution is -0.385. The highest BCUT2D eigenvalue weighted by Crippen LogP contribution is 2.26. The Morgan fingerprint density at radius 2 is 2.07 bits per heavy atom. The standard InChI is InChI=1S/C18H15ClN6O3/c19-13-2-1-11(16(5-13)25(27)28)8-24-4-3-15-14(9-24)18(26)23-17(22-15)12-6-20-10-21-7-12/h1-2,5-7,10H,3-4,8-9H2,(H,22,23,26). The van der Waals surface area contributed by atoms with Crippen LogP contribution < -0.4 is 5.56 Å². The van der Waals surface area contributed by atoms with Crippen molar-refractivity contribution in [2.75, 3.05) is 6.54 Å². The third-order valence-electron chi connectivity index (χ3n) is 4.62. The normalized spacial score (nSPS) is 13.9. The van der Waals surface area contributed by atoms with Gasteiger partial charge in [-0.1, -0.05) is 11.6 Å². The van der Waals surface area contributed by atoms with Crippen molar-refractivity contribution in [1.29, 1.82) is 0 Å². The number of hydrogen-bond acceptors (Lipinski definition) is 7. The van der Waals surface area contributed by atoms with Crippen LogP contribution in [0.15, 0.2) is 41.7 Å². The molecule has 1 N–H and O–H groups in total. The summed E-state index contributed by atoms with van der Waals surface area (Å²) in [4.78, 5) is 40.6. The minimum absolute atomic E-state index is 0.0234. The minimum Gasteiger partial charge on any atom is -0.306 e. The van der Waals surface area contributed by atoms with Crippen molar-refractivity contribution in [3.8, 4) is 11.4 Å². The van der Waals surface area contributed by atoms with Crippen LogP contribution in [0, 0.1) is 10.1 Å². The minimum atomic E-state index is -0.443. The summed E-state index contributed by atoms with van der Waals surface area (Å²) < 4.78 is 0. The largest absolute Gasteiger partial charge is 0.306 e. The average Bonchev–Trinajstić information content (AvgIpc) is 2.70. The van der Waals surface area contributed by atoms with Gasteiger partial charge >= 0.3 is 0 Å². The summed E-state index contributed by atoms with van der Waals surface area (Å²) in [6.45, 7) is 1.34. The van der Waals surface area contributed by atoms with Gasteiger partial charge in [0.05, 0.1) is 21.7 Å². The first-order chi connectivity index (χ1) is 13.5. The summed E-state index contributed by atoms with van der Waals surface area (Å²) in [6.07, 6.45) is 5.16. The fourth-order valence-corrected chi connectivity index (χ4v) is 3.42. The van der Waals surface area contributed by atoms with Gasteiger partial charge in [-0.25, -0.2) is 15.0 Å². The lowest BCUT2D eigenvalue weighted by atomic mass is 10.0. The Kier molecular flexibility index (Phi) is 4.84. The van der Waals surface area contributed by atoms with Crippen LogP contribution in [-0.2, 0) is 19.5 Å². The van der Waals surface area contributed by atoms with Gasteiger partial charge in [0.1, 0.15) is 12.2 Å². The maximum Gasteiger partial charge on any atom is 0.275 e. The van der Waals surface area contributed by atoms with Crippen LogP contribution in [0.4, 0.5) is 5.69 Å². The van der Waals surface area contributed by atoms with Gasteiger partial charge in [0, 0.05) is 55.1 Å². The monoisotopic (exact) mass is 398 g/mol. The Labute approximate surface area is 164 Å². The zero-order chi connectivity index (χ0) is 19.7. The molecule has 0 spiro atoms. The number of nitrogens with zero attached hydrogens (tertiary/aromatic N) is 5. The highest BCUT2D eigenvalue weighted by atomic mass is 35.5. The maximum absolute atomic E-state index is 12.6. The van der Waals surface area contributed by atoms with Crippen LogP contribution in [0.5, 0.6) is 0 Å². The number of hydrogen-bond donors (Lipinski definition) is 1. The lowest BCUT2D eigenvalue weighted by Crippen LogP contribution is -2.35. The molecule has 1 aliphatic heterocycles. The van der Waals surface area contributed by atoms with Crippen LogP contribution >= 0.6 is 11.6 Å². The molecule has 142 valence electrons. The molecule has 0 fully saturated rings. The third-order valence-corrected chi connectivity index (χ3v) is 4.85. The molecule has 0 unspecified atom stereocenters. The molecular formula is C18H15ClN6O3. The summed E-state index contributed by atoms with van der Waals surface area (Å²) in [6, 6.07) is 4.62. The van der Waals surface area contributed by atoms with Crippen molar-refractivity contribution in [2.45, 2.75) is 19.5 Å². The SMILES string of the molecule is O=c1[nH]c(-c2cncnc2)nc2c1CN(Cc1ccc(Cl)cc1[N+](=O)[O-])CC2. The number of nitrogens with one attached hydrogen (secondary N) is 1. The van der Waals surface area contributed by atoms with E-state index in [2.05, 4.69) is 19.9 Å². The zero-order valence-electron chi connectivity index (χ0n) is 14.6. The molecule has 0 radical (unpaired) electrons. The van der Waals surface area contributed by atoms with Crippen LogP contribution in [0.1, 0.15) is 16.8 Å². The molecule has 10 heteroatoms. The molecular weight excluding hydrogens is 384 g/mol. The molecule has 3 heterocycles. The van der Waals surface area contributed by atoms with Crippen molar-refractivity contribution < 1.29 is 4.92 Å². The van der Waals surface area contributed by atoms with E-state index in [9.17, 15) is 14.9 Å². The van der Waals surface area contributed by atoms with Gasteiger partial charge < -0.3 is 4.98 Å². The molecule has 0 aliphatic carbocycles. The molecule has 0 atom stereocenters. The predicted octanol–water partition coefficient (Wildman–Crippen LogP) is 2.35. The van der Waals surface area contributed by atoms with Crippen LogP contribution in [0.25, 0.3) is 11.4 Å². The van der Waals surface area contributed by atoms with Gasteiger partial charge in [-0.2, -0.15) is 0 Å². The highest BCUT2D eigenvalue weighted by molar-refractivity contribution is 6.30. The van der Waals surface area contributed by atoms with E-state index in [1.807, 2.05) is 4.90 Å². The first-order valence-electron chi connectivity index (χ1n) is 8.54. The van der Waals surface area contributed by atoms with E-state index in [0.29, 0.717) is 53.6 Å². The van der Waals surface area contributed by atoms with Crippen molar-refractivity contribution in [2.24, 2.45) is 0 Å². The van der Waals surface area contributed by atoms with Gasteiger partial charge in [-0.05, 0) is 12.1 Å². The van der Waals surface area contributed by atoms with Gasteiger partial charge in [-0.15, -0.1) is 0 Å². The molecule has 1 aliphatic rings. The van der Waals surface area contributed by atoms with E-state index < -0.39 is 4.92 Å². The molecule has 28 heavy (non-hydrogen) atoms. The van der Waals surface area contributed by atoms with E-state index in [0.717, 1.165) is 5.69 Å². The number of halogens is 1. The lowest BCUT2D eigenvalue weighted by Gasteiger charge is -2.27. The molecule has 0 bridgehead atoms. The highest BCUT2D eigenvalue weighted by Gasteiger charge is 2.24. The number of aromatic nitrogens is 4. The molecule has 4 rings (SSSR count). The van der Waals surface area contributed by atoms with E-state index in [1.54, 1.807) is 24.5 Å². The Bertz CT molecular complexity index is 1100. The number of H-pyrrole nitrogens is 1. The Hall–Kier alpha value is -3.17. The summed E-state index contributed by atoms with van der Waals surface area (Å²) in [5.74, 6) is 0.436. The summed E-state index contributed by atoms with van der Waals surface area (Å²) in [7, 11) is 0. The number of nitro benzene ring substituents is 1. The Balaban J connectivity index is 1.59. The predicted molar refractivity (Wildman–Crippen MR) is 102 cm³/mol. The maximum atomic E-state index is 12.6. The molecule has 0 saturated heterocycles. The molecule has 9 nitrogen and oxygen atoms in total. The van der Waals surface area contributed by atoms with Gasteiger partial charge in [0.25, 0.3) is 11.2 Å². The quantitative estimate of drug-likeness (QED) is 0.529. The molecule has 0 amide bonds. The van der Waals surface area contributed by atoms with Crippen LogP contribution in [0.2, 0.25) is 5.02 Å². The number of nitro groups is 1. The smallest absolute Gasteiger partial charge is 0.275 e. The van der Waals surface area contributed by atoms with E-state index >= 15 is 0 Å². The van der Waals surface area contributed by atoms with Crippen molar-refractivity contribution in [1.82, 2.24) is 24.8 Å².